The molecule has 1 atom stereocenters. The van der Waals surface area contributed by atoms with Crippen LogP contribution in [0.15, 0.2) is 48.5 Å². The van der Waals surface area contributed by atoms with Crippen molar-refractivity contribution in [2.45, 2.75) is 56.4 Å². The number of nitrogens with zero attached hydrogens (tertiary/aromatic N) is 1. The van der Waals surface area contributed by atoms with Gasteiger partial charge in [0.2, 0.25) is 5.91 Å². The Kier molecular flexibility index (Phi) is 6.78. The average molecular weight is 468 g/mol. The molecule has 0 spiro atoms. The Morgan fingerprint density at radius 1 is 1.00 bits per heavy atom. The van der Waals surface area contributed by atoms with Gasteiger partial charge >= 0.3 is 12.4 Å². The minimum Gasteiger partial charge on any atom is -0.346 e. The molecule has 1 saturated carbocycles. The van der Waals surface area contributed by atoms with Crippen molar-refractivity contribution in [3.05, 3.63) is 70.8 Å². The molecule has 3 rings (SSSR count). The van der Waals surface area contributed by atoms with Crippen molar-refractivity contribution in [2.75, 3.05) is 0 Å². The van der Waals surface area contributed by atoms with Gasteiger partial charge in [0.15, 0.2) is 0 Å². The predicted molar refractivity (Wildman–Crippen MR) is 109 cm³/mol. The smallest absolute Gasteiger partial charge is 0.346 e. The van der Waals surface area contributed by atoms with Gasteiger partial charge in [0.25, 0.3) is 0 Å². The van der Waals surface area contributed by atoms with E-state index in [4.69, 9.17) is 0 Å². The minimum atomic E-state index is -4.99. The number of alkyl halides is 6. The first-order chi connectivity index (χ1) is 15.4. The van der Waals surface area contributed by atoms with E-state index in [1.807, 2.05) is 12.1 Å². The lowest BCUT2D eigenvalue weighted by Crippen LogP contribution is -2.49. The van der Waals surface area contributed by atoms with Crippen molar-refractivity contribution in [3.63, 3.8) is 0 Å². The van der Waals surface area contributed by atoms with Crippen molar-refractivity contribution in [3.8, 4) is 6.07 Å². The van der Waals surface area contributed by atoms with Crippen molar-refractivity contribution >= 4 is 5.91 Å². The Morgan fingerprint density at radius 3 is 1.97 bits per heavy atom. The van der Waals surface area contributed by atoms with Crippen LogP contribution in [0.4, 0.5) is 26.3 Å². The normalized spacial score (nSPS) is 22.3. The van der Waals surface area contributed by atoms with Gasteiger partial charge in [0.05, 0.1) is 28.7 Å². The van der Waals surface area contributed by atoms with Crippen LogP contribution in [0.5, 0.6) is 0 Å². The largest absolute Gasteiger partial charge is 0.416 e. The van der Waals surface area contributed by atoms with Crippen LogP contribution >= 0.6 is 0 Å². The lowest BCUT2D eigenvalue weighted by molar-refractivity contribution is -0.143. The highest BCUT2D eigenvalue weighted by atomic mass is 19.4. The molecular weight excluding hydrogens is 446 g/mol. The van der Waals surface area contributed by atoms with E-state index in [1.54, 1.807) is 18.2 Å². The molecule has 2 aromatic carbocycles. The SMILES string of the molecule is CC(C(=O)N[C@]1(c2ccccc2)CC[C@@H](C#N)CC1)c1cc(C(F)(F)F)cc(C(F)(F)F)c1. The van der Waals surface area contributed by atoms with Crippen LogP contribution in [0.25, 0.3) is 0 Å². The van der Waals surface area contributed by atoms with Crippen LogP contribution < -0.4 is 5.32 Å². The molecule has 9 heteroatoms. The standard InChI is InChI=1S/C24H22F6N2O/c1-15(17-11-19(23(25,26)27)13-20(12-17)24(28,29)30)21(33)32-22(18-5-3-2-4-6-18)9-7-16(14-31)8-10-22/h2-6,11-13,15-16H,7-10H2,1H3,(H,32,33)/t15?,16-,22-. The van der Waals surface area contributed by atoms with Crippen molar-refractivity contribution in [2.24, 2.45) is 5.92 Å². The van der Waals surface area contributed by atoms with E-state index in [9.17, 15) is 36.4 Å². The number of carbonyl (C=O) groups is 1. The Bertz CT molecular complexity index is 999. The number of nitrogens with one attached hydrogen (secondary N) is 1. The molecule has 1 amide bonds. The van der Waals surface area contributed by atoms with E-state index >= 15 is 0 Å². The monoisotopic (exact) mass is 468 g/mol. The molecule has 1 aliphatic carbocycles. The van der Waals surface area contributed by atoms with Gasteiger partial charge in [-0.05, 0) is 61.9 Å². The molecule has 1 unspecified atom stereocenters. The summed E-state index contributed by atoms with van der Waals surface area (Å²) < 4.78 is 79.4. The number of rotatable bonds is 4. The highest BCUT2D eigenvalue weighted by Gasteiger charge is 2.41. The molecule has 33 heavy (non-hydrogen) atoms. The Morgan fingerprint density at radius 2 is 1.52 bits per heavy atom. The van der Waals surface area contributed by atoms with Crippen molar-refractivity contribution < 1.29 is 31.1 Å². The van der Waals surface area contributed by atoms with Gasteiger partial charge in [-0.1, -0.05) is 30.3 Å². The molecule has 0 bridgehead atoms. The number of carbonyl (C=O) groups excluding carboxylic acids is 1. The second-order valence-corrected chi connectivity index (χ2v) is 8.40. The number of hydrogen-bond acceptors (Lipinski definition) is 2. The van der Waals surface area contributed by atoms with Gasteiger partial charge in [-0.3, -0.25) is 4.79 Å². The number of nitriles is 1. The Balaban J connectivity index is 1.95. The van der Waals surface area contributed by atoms with Crippen LogP contribution in [0.3, 0.4) is 0 Å². The zero-order valence-corrected chi connectivity index (χ0v) is 17.7. The minimum absolute atomic E-state index is 0.0444. The van der Waals surface area contributed by atoms with E-state index in [0.29, 0.717) is 37.8 Å². The van der Waals surface area contributed by atoms with Gasteiger partial charge in [-0.25, -0.2) is 0 Å². The second kappa shape index (κ2) is 9.08. The molecule has 0 radical (unpaired) electrons. The molecule has 0 aromatic heterocycles. The summed E-state index contributed by atoms with van der Waals surface area (Å²) >= 11 is 0. The molecule has 2 aromatic rings. The fourth-order valence-corrected chi connectivity index (χ4v) is 4.21. The zero-order valence-electron chi connectivity index (χ0n) is 17.7. The van der Waals surface area contributed by atoms with Gasteiger partial charge in [0, 0.05) is 5.92 Å². The fraction of sp³-hybridized carbons (Fsp3) is 0.417. The number of benzene rings is 2. The molecule has 0 heterocycles. The molecule has 0 aliphatic heterocycles. The molecular formula is C24H22F6N2O. The van der Waals surface area contributed by atoms with Crippen LogP contribution in [0.2, 0.25) is 0 Å². The first kappa shape index (κ1) is 24.6. The van der Waals surface area contributed by atoms with E-state index in [1.165, 1.54) is 6.92 Å². The molecule has 1 fully saturated rings. The molecule has 176 valence electrons. The summed E-state index contributed by atoms with van der Waals surface area (Å²) in [6.07, 6.45) is -8.09. The molecule has 3 nitrogen and oxygen atoms in total. The number of halogens is 6. The molecule has 1 aliphatic rings. The number of hydrogen-bond donors (Lipinski definition) is 1. The number of amides is 1. The highest BCUT2D eigenvalue weighted by Crippen LogP contribution is 2.41. The maximum atomic E-state index is 13.2. The first-order valence-electron chi connectivity index (χ1n) is 10.4. The fourth-order valence-electron chi connectivity index (χ4n) is 4.21. The third-order valence-corrected chi connectivity index (χ3v) is 6.21. The van der Waals surface area contributed by atoms with Gasteiger partial charge < -0.3 is 5.32 Å². The summed E-state index contributed by atoms with van der Waals surface area (Å²) in [5.41, 5.74) is -3.36. The Hall–Kier alpha value is -3.02. The van der Waals surface area contributed by atoms with Gasteiger partial charge in [-0.15, -0.1) is 0 Å². The molecule has 0 saturated heterocycles. The third kappa shape index (κ3) is 5.49. The van der Waals surface area contributed by atoms with E-state index < -0.39 is 40.8 Å². The average Bonchev–Trinajstić information content (AvgIpc) is 2.78. The summed E-state index contributed by atoms with van der Waals surface area (Å²) in [7, 11) is 0. The van der Waals surface area contributed by atoms with E-state index in [2.05, 4.69) is 11.4 Å². The summed E-state index contributed by atoms with van der Waals surface area (Å²) in [5.74, 6) is -2.11. The van der Waals surface area contributed by atoms with Crippen LogP contribution in [-0.4, -0.2) is 5.91 Å². The highest BCUT2D eigenvalue weighted by molar-refractivity contribution is 5.84. The lowest BCUT2D eigenvalue weighted by atomic mass is 9.72. The first-order valence-corrected chi connectivity index (χ1v) is 10.4. The molecule has 1 N–H and O–H groups in total. The van der Waals surface area contributed by atoms with Crippen LogP contribution in [0, 0.1) is 17.2 Å². The summed E-state index contributed by atoms with van der Waals surface area (Å²) in [5, 5.41) is 12.1. The van der Waals surface area contributed by atoms with Crippen LogP contribution in [-0.2, 0) is 22.7 Å². The summed E-state index contributed by atoms with van der Waals surface area (Å²) in [6, 6.07) is 12.4. The van der Waals surface area contributed by atoms with Gasteiger partial charge in [-0.2, -0.15) is 31.6 Å². The maximum absolute atomic E-state index is 13.2. The third-order valence-electron chi connectivity index (χ3n) is 6.21. The summed E-state index contributed by atoms with van der Waals surface area (Å²) in [4.78, 5) is 13.1. The summed E-state index contributed by atoms with van der Waals surface area (Å²) in [6.45, 7) is 1.28. The zero-order chi connectivity index (χ0) is 24.4. The van der Waals surface area contributed by atoms with E-state index in [-0.39, 0.29) is 17.5 Å². The quantitative estimate of drug-likeness (QED) is 0.517. The van der Waals surface area contributed by atoms with Crippen molar-refractivity contribution in [1.29, 1.82) is 5.26 Å². The lowest BCUT2D eigenvalue weighted by Gasteiger charge is -2.40. The van der Waals surface area contributed by atoms with Gasteiger partial charge in [0.1, 0.15) is 0 Å². The second-order valence-electron chi connectivity index (χ2n) is 8.40. The maximum Gasteiger partial charge on any atom is 0.416 e. The predicted octanol–water partition coefficient (Wildman–Crippen LogP) is 6.55. The van der Waals surface area contributed by atoms with E-state index in [0.717, 1.165) is 5.56 Å². The Labute approximate surface area is 187 Å². The van der Waals surface area contributed by atoms with Crippen LogP contribution in [0.1, 0.15) is 60.8 Å². The topological polar surface area (TPSA) is 52.9 Å². The van der Waals surface area contributed by atoms with Crippen molar-refractivity contribution in [1.82, 2.24) is 5.32 Å².